The number of allylic oxidation sites excluding steroid dienone is 1. The zero-order valence-electron chi connectivity index (χ0n) is 40.6. The van der Waals surface area contributed by atoms with E-state index in [1.807, 2.05) is 0 Å². The number of aliphatic carboxylic acids is 2. The number of carbonyl (C=O) groups is 2. The average Bonchev–Trinajstić information content (AvgIpc) is 3.23. The predicted octanol–water partition coefficient (Wildman–Crippen LogP) is 20.0. The number of hydrogen-bond donors (Lipinski definition) is 2. The van der Waals surface area contributed by atoms with Gasteiger partial charge in [-0.2, -0.15) is 0 Å². The summed E-state index contributed by atoms with van der Waals surface area (Å²) in [5, 5.41) is 17.3. The maximum absolute atomic E-state index is 10.5. The maximum Gasteiger partial charge on any atom is 0.327 e. The van der Waals surface area contributed by atoms with Crippen LogP contribution in [-0.4, -0.2) is 22.2 Å². The molecule has 0 saturated heterocycles. The van der Waals surface area contributed by atoms with Gasteiger partial charge in [0.2, 0.25) is 0 Å². The summed E-state index contributed by atoms with van der Waals surface area (Å²) in [6.07, 6.45) is 74.6. The van der Waals surface area contributed by atoms with Gasteiger partial charge in [-0.3, -0.25) is 4.79 Å². The summed E-state index contributed by atoms with van der Waals surface area (Å²) in [5.74, 6) is -1.48. The molecule has 0 saturated carbocycles. The van der Waals surface area contributed by atoms with Crippen LogP contribution in [0.1, 0.15) is 334 Å². The van der Waals surface area contributed by atoms with Crippen molar-refractivity contribution in [1.29, 1.82) is 0 Å². The first-order valence-electron chi connectivity index (χ1n) is 27.7. The molecule has 4 nitrogen and oxygen atoms in total. The van der Waals surface area contributed by atoms with Crippen LogP contribution in [0.15, 0.2) is 12.2 Å². The van der Waals surface area contributed by atoms with E-state index in [4.69, 9.17) is 10.2 Å². The second kappa shape index (κ2) is 53.8. The van der Waals surface area contributed by atoms with Gasteiger partial charge >= 0.3 is 11.9 Å². The Labute approximate surface area is 376 Å². The largest absolute Gasteiger partial charge is 0.481 e. The number of hydrogen-bond acceptors (Lipinski definition) is 2. The fourth-order valence-corrected chi connectivity index (χ4v) is 9.21. The van der Waals surface area contributed by atoms with Crippen LogP contribution in [0.5, 0.6) is 0 Å². The van der Waals surface area contributed by atoms with Crippen molar-refractivity contribution in [2.75, 3.05) is 0 Å². The summed E-state index contributed by atoms with van der Waals surface area (Å²) in [7, 11) is 0. The lowest BCUT2D eigenvalue weighted by Crippen LogP contribution is -1.93. The molecule has 0 fully saturated rings. The second-order valence-corrected chi connectivity index (χ2v) is 19.4. The summed E-state index contributed by atoms with van der Waals surface area (Å²) in [4.78, 5) is 21.0. The van der Waals surface area contributed by atoms with Gasteiger partial charge in [-0.15, -0.1) is 0 Å². The van der Waals surface area contributed by atoms with Crippen LogP contribution in [0.4, 0.5) is 0 Å². The Bertz CT molecular complexity index is 852. The van der Waals surface area contributed by atoms with E-state index in [1.165, 1.54) is 308 Å². The van der Waals surface area contributed by atoms with Gasteiger partial charge in [-0.1, -0.05) is 314 Å². The van der Waals surface area contributed by atoms with Crippen molar-refractivity contribution in [3.63, 3.8) is 0 Å². The minimum Gasteiger partial charge on any atom is -0.481 e. The van der Waals surface area contributed by atoms with E-state index in [-0.39, 0.29) is 0 Å². The lowest BCUT2D eigenvalue weighted by atomic mass is 10.0. The first kappa shape index (κ1) is 58.7. The Morgan fingerprint density at radius 1 is 0.233 bits per heavy atom. The van der Waals surface area contributed by atoms with Crippen LogP contribution in [0.3, 0.4) is 0 Å². The zero-order chi connectivity index (χ0) is 43.3. The topological polar surface area (TPSA) is 74.6 Å². The van der Waals surface area contributed by atoms with Crippen LogP contribution in [0, 0.1) is 0 Å². The molecule has 0 unspecified atom stereocenters. The predicted molar refractivity (Wildman–Crippen MR) is 264 cm³/mol. The van der Waals surface area contributed by atoms with Crippen molar-refractivity contribution in [1.82, 2.24) is 0 Å². The lowest BCUT2D eigenvalue weighted by Gasteiger charge is -2.05. The molecule has 0 amide bonds. The van der Waals surface area contributed by atoms with Crippen LogP contribution in [-0.2, 0) is 9.59 Å². The molecule has 0 aliphatic carbocycles. The molecule has 0 radical (unpaired) electrons. The van der Waals surface area contributed by atoms with E-state index in [0.29, 0.717) is 6.42 Å². The van der Waals surface area contributed by atoms with Gasteiger partial charge < -0.3 is 10.2 Å². The Hall–Kier alpha value is -1.32. The van der Waals surface area contributed by atoms with Crippen molar-refractivity contribution < 1.29 is 19.8 Å². The van der Waals surface area contributed by atoms with Gasteiger partial charge in [0, 0.05) is 12.5 Å². The van der Waals surface area contributed by atoms with Crippen LogP contribution >= 0.6 is 0 Å². The van der Waals surface area contributed by atoms with E-state index < -0.39 is 11.9 Å². The van der Waals surface area contributed by atoms with Gasteiger partial charge in [0.25, 0.3) is 0 Å². The molecule has 0 aromatic heterocycles. The Balaban J connectivity index is 3.08. The third kappa shape index (κ3) is 56.7. The first-order chi connectivity index (χ1) is 29.6. The summed E-state index contributed by atoms with van der Waals surface area (Å²) in [6.45, 7) is 0. The molecule has 0 bridgehead atoms. The minimum absolute atomic E-state index is 0.344. The van der Waals surface area contributed by atoms with E-state index in [0.717, 1.165) is 25.7 Å². The summed E-state index contributed by atoms with van der Waals surface area (Å²) in [6, 6.07) is 0. The number of rotatable bonds is 54. The molecule has 0 rings (SSSR count). The van der Waals surface area contributed by atoms with Gasteiger partial charge in [-0.05, 0) is 19.3 Å². The Morgan fingerprint density at radius 2 is 0.383 bits per heavy atom. The van der Waals surface area contributed by atoms with Gasteiger partial charge in [-0.25, -0.2) is 4.79 Å². The highest BCUT2D eigenvalue weighted by Gasteiger charge is 2.00. The van der Waals surface area contributed by atoms with Gasteiger partial charge in [0.05, 0.1) is 0 Å². The molecule has 4 heteroatoms. The average molecular weight is 845 g/mol. The zero-order valence-corrected chi connectivity index (χ0v) is 40.6. The Morgan fingerprint density at radius 3 is 0.533 bits per heavy atom. The molecule has 0 aliphatic rings. The molecular formula is C56H108O4. The third-order valence-corrected chi connectivity index (χ3v) is 13.3. The Kier molecular flexibility index (Phi) is 52.6. The summed E-state index contributed by atoms with van der Waals surface area (Å²) in [5.41, 5.74) is 0. The number of carboxylic acids is 2. The highest BCUT2D eigenvalue weighted by atomic mass is 16.4. The van der Waals surface area contributed by atoms with Crippen LogP contribution < -0.4 is 0 Å². The highest BCUT2D eigenvalue weighted by molar-refractivity contribution is 5.79. The molecule has 356 valence electrons. The van der Waals surface area contributed by atoms with Crippen molar-refractivity contribution in [3.8, 4) is 0 Å². The van der Waals surface area contributed by atoms with Gasteiger partial charge in [0.1, 0.15) is 0 Å². The van der Waals surface area contributed by atoms with Crippen molar-refractivity contribution in [2.24, 2.45) is 0 Å². The molecule has 60 heavy (non-hydrogen) atoms. The SMILES string of the molecule is O=C(O)C=CCCCCCCCCCCCCCCCCCCCCCCCCCCCCCCCCCCCCCCCCCCCCCCCCCCCCC(=O)O. The summed E-state index contributed by atoms with van der Waals surface area (Å²) >= 11 is 0. The fraction of sp³-hybridized carbons (Fsp3) is 0.929. The lowest BCUT2D eigenvalue weighted by molar-refractivity contribution is -0.137. The summed E-state index contributed by atoms with van der Waals surface area (Å²) < 4.78 is 0. The standard InChI is InChI=1S/C56H108O4/c57-55(58)53-51-49-47-45-43-41-39-37-35-33-31-29-27-25-23-21-19-17-15-13-11-9-7-5-3-1-2-4-6-8-10-12-14-16-18-20-22-24-26-28-30-32-34-36-38-40-42-44-46-48-50-52-54-56(59)60/h51,53H,1-50,52,54H2,(H,57,58)(H,59,60). The highest BCUT2D eigenvalue weighted by Crippen LogP contribution is 2.19. The van der Waals surface area contributed by atoms with Gasteiger partial charge in [0.15, 0.2) is 0 Å². The van der Waals surface area contributed by atoms with Crippen molar-refractivity contribution in [3.05, 3.63) is 12.2 Å². The normalized spacial score (nSPS) is 11.7. The molecule has 0 spiro atoms. The molecule has 0 aromatic carbocycles. The van der Waals surface area contributed by atoms with Crippen molar-refractivity contribution in [2.45, 2.75) is 334 Å². The molecular weight excluding hydrogens is 737 g/mol. The smallest absolute Gasteiger partial charge is 0.327 e. The molecule has 0 aliphatic heterocycles. The van der Waals surface area contributed by atoms with Crippen LogP contribution in [0.25, 0.3) is 0 Å². The molecule has 2 N–H and O–H groups in total. The van der Waals surface area contributed by atoms with E-state index in [2.05, 4.69) is 0 Å². The van der Waals surface area contributed by atoms with Crippen molar-refractivity contribution >= 4 is 11.9 Å². The van der Waals surface area contributed by atoms with E-state index in [9.17, 15) is 9.59 Å². The third-order valence-electron chi connectivity index (χ3n) is 13.3. The van der Waals surface area contributed by atoms with Crippen LogP contribution in [0.2, 0.25) is 0 Å². The number of carboxylic acid groups (broad SMARTS) is 2. The fourth-order valence-electron chi connectivity index (χ4n) is 9.21. The second-order valence-electron chi connectivity index (χ2n) is 19.4. The molecule has 0 atom stereocenters. The molecule has 0 heterocycles. The quantitative estimate of drug-likeness (QED) is 0.0472. The monoisotopic (exact) mass is 845 g/mol. The minimum atomic E-state index is -0.829. The molecule has 0 aromatic rings. The number of unbranched alkanes of at least 4 members (excludes halogenated alkanes) is 50. The van der Waals surface area contributed by atoms with E-state index >= 15 is 0 Å². The van der Waals surface area contributed by atoms with E-state index in [1.54, 1.807) is 6.08 Å². The maximum atomic E-state index is 10.5. The first-order valence-corrected chi connectivity index (χ1v) is 27.7.